The summed E-state index contributed by atoms with van der Waals surface area (Å²) in [6, 6.07) is 23.5. The van der Waals surface area contributed by atoms with E-state index in [1.165, 1.54) is 23.5 Å². The highest BCUT2D eigenvalue weighted by Gasteiger charge is 2.46. The molecule has 228 valence electrons. The molecule has 0 spiro atoms. The van der Waals surface area contributed by atoms with Crippen molar-refractivity contribution in [3.05, 3.63) is 104 Å². The Morgan fingerprint density at radius 2 is 1.59 bits per heavy atom. The highest BCUT2D eigenvalue weighted by molar-refractivity contribution is 8.32. The Hall–Kier alpha value is -3.33. The lowest BCUT2D eigenvalue weighted by atomic mass is 9.82. The lowest BCUT2D eigenvalue weighted by molar-refractivity contribution is -0.137. The number of amides is 1. The number of hydrogen-bond donors (Lipinski definition) is 0. The zero-order valence-corrected chi connectivity index (χ0v) is 28.6. The highest BCUT2D eigenvalue weighted by Crippen LogP contribution is 2.59. The minimum atomic E-state index is -0.849. The van der Waals surface area contributed by atoms with Crippen LogP contribution < -0.4 is 9.64 Å². The predicted molar refractivity (Wildman–Crippen MR) is 188 cm³/mol. The van der Waals surface area contributed by atoms with E-state index in [1.54, 1.807) is 11.8 Å². The van der Waals surface area contributed by atoms with Gasteiger partial charge in [0.25, 0.3) is 5.91 Å². The molecule has 0 unspecified atom stereocenters. The van der Waals surface area contributed by atoms with Gasteiger partial charge >= 0.3 is 5.97 Å². The third-order valence-electron chi connectivity index (χ3n) is 7.63. The van der Waals surface area contributed by atoms with Gasteiger partial charge in [-0.2, -0.15) is 0 Å². The summed E-state index contributed by atoms with van der Waals surface area (Å²) in [6.45, 7) is 15.0. The molecule has 0 aromatic heterocycles. The molecule has 0 radical (unpaired) electrons. The Morgan fingerprint density at radius 1 is 0.909 bits per heavy atom. The molecule has 3 aromatic rings. The van der Waals surface area contributed by atoms with Gasteiger partial charge in [-0.25, -0.2) is 4.79 Å². The zero-order valence-electron chi connectivity index (χ0n) is 26.1. The summed E-state index contributed by atoms with van der Waals surface area (Å²) in [6.07, 6.45) is 0. The Bertz CT molecular complexity index is 1680. The number of rotatable bonds is 6. The van der Waals surface area contributed by atoms with Gasteiger partial charge in [-0.1, -0.05) is 99.0 Å². The van der Waals surface area contributed by atoms with Crippen molar-refractivity contribution in [2.24, 2.45) is 0 Å². The first-order chi connectivity index (χ1) is 20.9. The first-order valence-electron chi connectivity index (χ1n) is 14.7. The lowest BCUT2D eigenvalue weighted by Gasteiger charge is -2.45. The second-order valence-electron chi connectivity index (χ2n) is 12.1. The van der Waals surface area contributed by atoms with Crippen molar-refractivity contribution in [3.63, 3.8) is 0 Å². The molecule has 0 N–H and O–H groups in total. The summed E-state index contributed by atoms with van der Waals surface area (Å²) >= 11 is 9.16. The zero-order chi connectivity index (χ0) is 31.8. The topological polar surface area (TPSA) is 55.8 Å². The number of thiocarbonyl (C=S) groups is 1. The van der Waals surface area contributed by atoms with Crippen molar-refractivity contribution in [1.82, 2.24) is 0 Å². The largest absolute Gasteiger partial charge is 0.494 e. The van der Waals surface area contributed by atoms with Crippen molar-refractivity contribution >= 4 is 68.6 Å². The molecule has 3 aromatic carbocycles. The Labute approximate surface area is 274 Å². The third-order valence-corrected chi connectivity index (χ3v) is 11.0. The minimum absolute atomic E-state index is 0.0252. The summed E-state index contributed by atoms with van der Waals surface area (Å²) in [5.41, 5.74) is 4.18. The van der Waals surface area contributed by atoms with E-state index in [-0.39, 0.29) is 23.9 Å². The number of ether oxygens (including phenoxy) is 2. The molecule has 0 aliphatic carbocycles. The molecule has 0 saturated carbocycles. The van der Waals surface area contributed by atoms with E-state index >= 15 is 0 Å². The van der Waals surface area contributed by atoms with Crippen LogP contribution in [0.25, 0.3) is 10.5 Å². The number of carbonyl (C=O) groups excluding carboxylic acids is 2. The van der Waals surface area contributed by atoms with Gasteiger partial charge in [0.15, 0.2) is 0 Å². The number of nitrogens with zero attached hydrogens (tertiary/aromatic N) is 1. The minimum Gasteiger partial charge on any atom is -0.494 e. The van der Waals surface area contributed by atoms with Crippen LogP contribution in [0.3, 0.4) is 0 Å². The van der Waals surface area contributed by atoms with Crippen LogP contribution in [0.1, 0.15) is 75.5 Å². The van der Waals surface area contributed by atoms with E-state index in [9.17, 15) is 9.59 Å². The molecule has 1 amide bonds. The van der Waals surface area contributed by atoms with Crippen LogP contribution in [0.4, 0.5) is 5.69 Å². The first-order valence-corrected chi connectivity index (χ1v) is 16.8. The molecule has 2 aliphatic heterocycles. The maximum absolute atomic E-state index is 14.3. The average molecular weight is 644 g/mol. The number of esters is 1. The summed E-state index contributed by atoms with van der Waals surface area (Å²) < 4.78 is 12.3. The van der Waals surface area contributed by atoms with Gasteiger partial charge in [0.05, 0.1) is 33.5 Å². The lowest BCUT2D eigenvalue weighted by Crippen LogP contribution is -2.56. The maximum Gasteiger partial charge on any atom is 0.346 e. The molecule has 2 heterocycles. The summed E-state index contributed by atoms with van der Waals surface area (Å²) in [7, 11) is 0. The number of benzene rings is 3. The molecule has 5 nitrogen and oxygen atoms in total. The van der Waals surface area contributed by atoms with Crippen molar-refractivity contribution < 1.29 is 19.1 Å². The number of thioether (sulfide) groups is 2. The Morgan fingerprint density at radius 3 is 2.20 bits per heavy atom. The van der Waals surface area contributed by atoms with E-state index in [1.807, 2.05) is 93.6 Å². The second-order valence-corrected chi connectivity index (χ2v) is 14.8. The third kappa shape index (κ3) is 6.00. The summed E-state index contributed by atoms with van der Waals surface area (Å²) in [4.78, 5) is 31.3. The van der Waals surface area contributed by atoms with E-state index in [0.29, 0.717) is 27.7 Å². The fraction of sp³-hybridized carbons (Fsp3) is 0.306. The predicted octanol–water partition coefficient (Wildman–Crippen LogP) is 9.27. The second kappa shape index (κ2) is 12.6. The average Bonchev–Trinajstić information content (AvgIpc) is 3.43. The van der Waals surface area contributed by atoms with Gasteiger partial charge in [0, 0.05) is 21.6 Å². The van der Waals surface area contributed by atoms with Crippen LogP contribution in [-0.4, -0.2) is 35.5 Å². The van der Waals surface area contributed by atoms with Crippen LogP contribution in [0.2, 0.25) is 0 Å². The van der Waals surface area contributed by atoms with Crippen LogP contribution in [0.15, 0.2) is 81.9 Å². The summed E-state index contributed by atoms with van der Waals surface area (Å²) in [5, 5.41) is 0. The maximum atomic E-state index is 14.3. The normalized spacial score (nSPS) is 17.9. The number of carbonyl (C=O) groups is 2. The number of hydrogen-bond acceptors (Lipinski definition) is 7. The first kappa shape index (κ1) is 32.1. The van der Waals surface area contributed by atoms with Gasteiger partial charge in [-0.3, -0.25) is 9.69 Å². The molecule has 8 heteroatoms. The van der Waals surface area contributed by atoms with Gasteiger partial charge in [0.2, 0.25) is 0 Å². The Kier molecular flexibility index (Phi) is 9.17. The molecular formula is C36H37NO4S3. The monoisotopic (exact) mass is 643 g/mol. The van der Waals surface area contributed by atoms with Crippen molar-refractivity contribution in [2.75, 3.05) is 18.1 Å². The Balaban J connectivity index is 1.67. The fourth-order valence-electron chi connectivity index (χ4n) is 5.32. The molecule has 0 saturated heterocycles. The van der Waals surface area contributed by atoms with Gasteiger partial charge in [0.1, 0.15) is 10.7 Å². The van der Waals surface area contributed by atoms with Gasteiger partial charge in [-0.05, 0) is 74.6 Å². The van der Waals surface area contributed by atoms with Crippen LogP contribution in [0.5, 0.6) is 5.75 Å². The van der Waals surface area contributed by atoms with E-state index in [2.05, 4.69) is 20.8 Å². The fourth-order valence-corrected chi connectivity index (χ4v) is 8.45. The molecule has 0 fully saturated rings. The molecule has 2 aliphatic rings. The van der Waals surface area contributed by atoms with Crippen LogP contribution in [0, 0.1) is 0 Å². The number of fused-ring (bicyclic) bond motifs is 1. The molecular weight excluding hydrogens is 607 g/mol. The highest BCUT2D eigenvalue weighted by atomic mass is 32.2. The molecule has 0 atom stereocenters. The SMILES string of the molecule is CCOC(=O)C1=C(c2ccccc2)S/C(=C2/C(=S)C(C)(C)N(C(=O)c3ccc(C(C)(C)C)cc3)c3ccc(OCC)cc32)S1. The van der Waals surface area contributed by atoms with Crippen LogP contribution in [-0.2, 0) is 14.9 Å². The summed E-state index contributed by atoms with van der Waals surface area (Å²) in [5.74, 6) is 0.192. The smallest absolute Gasteiger partial charge is 0.346 e. The number of anilines is 1. The molecule has 44 heavy (non-hydrogen) atoms. The van der Waals surface area contributed by atoms with Gasteiger partial charge < -0.3 is 9.47 Å². The van der Waals surface area contributed by atoms with Crippen molar-refractivity contribution in [3.8, 4) is 5.75 Å². The van der Waals surface area contributed by atoms with E-state index in [0.717, 1.165) is 37.1 Å². The van der Waals surface area contributed by atoms with E-state index in [4.69, 9.17) is 21.7 Å². The molecule has 5 rings (SSSR count). The van der Waals surface area contributed by atoms with Crippen LogP contribution >= 0.6 is 35.7 Å². The quantitative estimate of drug-likeness (QED) is 0.151. The van der Waals surface area contributed by atoms with Crippen molar-refractivity contribution in [1.29, 1.82) is 0 Å². The van der Waals surface area contributed by atoms with Gasteiger partial charge in [-0.15, -0.1) is 0 Å². The standard InChI is InChI=1S/C36H37NO4S3/c1-8-40-25-19-20-27-26(21-25)28(34-43-29(22-13-11-10-12-14-22)30(44-34)33(39)41-9-2)31(42)36(6,7)37(27)32(38)23-15-17-24(18-16-23)35(3,4)5/h10-21H,8-9H2,1-7H3/b34-28-. The molecule has 0 bridgehead atoms. The van der Waals surface area contributed by atoms with E-state index < -0.39 is 5.54 Å². The van der Waals surface area contributed by atoms with Crippen molar-refractivity contribution in [2.45, 2.75) is 59.4 Å².